The van der Waals surface area contributed by atoms with Gasteiger partial charge in [-0.25, -0.2) is 0 Å². The summed E-state index contributed by atoms with van der Waals surface area (Å²) < 4.78 is 11.3. The highest BCUT2D eigenvalue weighted by molar-refractivity contribution is 6.30. The van der Waals surface area contributed by atoms with Gasteiger partial charge < -0.3 is 9.26 Å². The topological polar surface area (TPSA) is 64.3 Å². The quantitative estimate of drug-likeness (QED) is 0.639. The predicted octanol–water partition coefficient (Wildman–Crippen LogP) is 4.04. The maximum absolute atomic E-state index is 5.88. The third-order valence-electron chi connectivity index (χ3n) is 4.81. The maximum atomic E-state index is 5.88. The summed E-state index contributed by atoms with van der Waals surface area (Å²) in [5, 5.41) is 4.83. The monoisotopic (exact) mass is 384 g/mol. The molecule has 0 unspecified atom stereocenters. The zero-order valence-electron chi connectivity index (χ0n) is 14.9. The zero-order chi connectivity index (χ0) is 18.5. The van der Waals surface area contributed by atoms with Crippen molar-refractivity contribution >= 4 is 11.6 Å². The first-order valence-electron chi connectivity index (χ1n) is 9.12. The van der Waals surface area contributed by atoms with E-state index in [1.54, 1.807) is 12.4 Å². The third-order valence-corrected chi connectivity index (χ3v) is 5.06. The second kappa shape index (κ2) is 8.50. The van der Waals surface area contributed by atoms with Gasteiger partial charge >= 0.3 is 0 Å². The second-order valence-electron chi connectivity index (χ2n) is 6.61. The van der Waals surface area contributed by atoms with Crippen molar-refractivity contribution in [3.05, 3.63) is 59.7 Å². The molecule has 0 spiro atoms. The Hall–Kier alpha value is -2.44. The van der Waals surface area contributed by atoms with Gasteiger partial charge in [0.15, 0.2) is 0 Å². The molecule has 0 amide bonds. The first-order valence-corrected chi connectivity index (χ1v) is 9.50. The number of aromatic nitrogens is 3. The number of piperidine rings is 1. The molecule has 140 valence electrons. The molecule has 1 aromatic carbocycles. The van der Waals surface area contributed by atoms with Crippen LogP contribution in [0.2, 0.25) is 5.02 Å². The van der Waals surface area contributed by atoms with E-state index in [0.717, 1.165) is 54.7 Å². The van der Waals surface area contributed by atoms with Crippen LogP contribution in [0.25, 0.3) is 11.4 Å². The lowest BCUT2D eigenvalue weighted by atomic mass is 9.97. The van der Waals surface area contributed by atoms with Crippen molar-refractivity contribution in [2.75, 3.05) is 26.2 Å². The number of benzene rings is 1. The van der Waals surface area contributed by atoms with Gasteiger partial charge in [-0.2, -0.15) is 4.98 Å². The molecule has 2 aromatic heterocycles. The van der Waals surface area contributed by atoms with Crippen LogP contribution in [0.4, 0.5) is 0 Å². The summed E-state index contributed by atoms with van der Waals surface area (Å²) in [6.45, 7) is 3.57. The van der Waals surface area contributed by atoms with Gasteiger partial charge in [0.25, 0.3) is 0 Å². The molecule has 1 fully saturated rings. The van der Waals surface area contributed by atoms with Crippen molar-refractivity contribution in [2.45, 2.75) is 18.8 Å². The number of pyridine rings is 1. The number of halogens is 1. The number of hydrogen-bond acceptors (Lipinski definition) is 6. The van der Waals surface area contributed by atoms with Gasteiger partial charge in [-0.1, -0.05) is 16.8 Å². The lowest BCUT2D eigenvalue weighted by Gasteiger charge is -2.30. The van der Waals surface area contributed by atoms with E-state index in [2.05, 4.69) is 20.0 Å². The van der Waals surface area contributed by atoms with Crippen molar-refractivity contribution in [2.24, 2.45) is 0 Å². The van der Waals surface area contributed by atoms with Crippen LogP contribution in [0.5, 0.6) is 5.75 Å². The van der Waals surface area contributed by atoms with Gasteiger partial charge in [-0.15, -0.1) is 0 Å². The van der Waals surface area contributed by atoms with E-state index in [1.165, 1.54) is 0 Å². The molecule has 1 saturated heterocycles. The predicted molar refractivity (Wildman–Crippen MR) is 103 cm³/mol. The van der Waals surface area contributed by atoms with Gasteiger partial charge in [-0.3, -0.25) is 9.88 Å². The van der Waals surface area contributed by atoms with E-state index in [9.17, 15) is 0 Å². The van der Waals surface area contributed by atoms with Gasteiger partial charge in [0.2, 0.25) is 11.7 Å². The third kappa shape index (κ3) is 4.64. The summed E-state index contributed by atoms with van der Waals surface area (Å²) in [6, 6.07) is 11.2. The highest BCUT2D eigenvalue weighted by Crippen LogP contribution is 2.28. The number of nitrogens with zero attached hydrogens (tertiary/aromatic N) is 4. The van der Waals surface area contributed by atoms with Gasteiger partial charge in [0, 0.05) is 35.4 Å². The van der Waals surface area contributed by atoms with E-state index >= 15 is 0 Å². The van der Waals surface area contributed by atoms with Crippen molar-refractivity contribution in [1.82, 2.24) is 20.0 Å². The first-order chi connectivity index (χ1) is 13.3. The van der Waals surface area contributed by atoms with Crippen LogP contribution in [0.1, 0.15) is 24.7 Å². The standard InChI is InChI=1S/C20H21ClN4O2/c21-17-1-3-18(4-2-17)26-14-13-25-11-7-16(8-12-25)20-23-19(24-27-20)15-5-9-22-10-6-15/h1-6,9-10,16H,7-8,11-14H2. The number of rotatable bonds is 6. The lowest BCUT2D eigenvalue weighted by Crippen LogP contribution is -2.35. The molecule has 1 aliphatic heterocycles. The van der Waals surface area contributed by atoms with Gasteiger partial charge in [-0.05, 0) is 62.3 Å². The second-order valence-corrected chi connectivity index (χ2v) is 7.05. The molecule has 0 aliphatic carbocycles. The molecule has 4 rings (SSSR count). The Bertz CT molecular complexity index is 846. The summed E-state index contributed by atoms with van der Waals surface area (Å²) >= 11 is 5.88. The molecule has 27 heavy (non-hydrogen) atoms. The summed E-state index contributed by atoms with van der Waals surface area (Å²) in [4.78, 5) is 11.0. The fraction of sp³-hybridized carbons (Fsp3) is 0.350. The van der Waals surface area contributed by atoms with Crippen LogP contribution in [0, 0.1) is 0 Å². The lowest BCUT2D eigenvalue weighted by molar-refractivity contribution is 0.163. The fourth-order valence-electron chi connectivity index (χ4n) is 3.25. The average molecular weight is 385 g/mol. The molecule has 3 heterocycles. The summed E-state index contributed by atoms with van der Waals surface area (Å²) in [5.74, 6) is 2.54. The zero-order valence-corrected chi connectivity index (χ0v) is 15.7. The van der Waals surface area contributed by atoms with Crippen LogP contribution < -0.4 is 4.74 Å². The van der Waals surface area contributed by atoms with E-state index in [0.29, 0.717) is 18.3 Å². The van der Waals surface area contributed by atoms with Crippen LogP contribution in [0.3, 0.4) is 0 Å². The Morgan fingerprint density at radius 1 is 1.07 bits per heavy atom. The molecule has 6 nitrogen and oxygen atoms in total. The van der Waals surface area contributed by atoms with Crippen LogP contribution in [-0.4, -0.2) is 46.3 Å². The minimum atomic E-state index is 0.321. The van der Waals surface area contributed by atoms with Crippen molar-refractivity contribution in [3.8, 4) is 17.1 Å². The average Bonchev–Trinajstić information content (AvgIpc) is 3.21. The van der Waals surface area contributed by atoms with E-state index in [4.69, 9.17) is 20.9 Å². The van der Waals surface area contributed by atoms with Crippen molar-refractivity contribution in [1.29, 1.82) is 0 Å². The van der Waals surface area contributed by atoms with Crippen molar-refractivity contribution < 1.29 is 9.26 Å². The molecule has 7 heteroatoms. The summed E-state index contributed by atoms with van der Waals surface area (Å²) in [5.41, 5.74) is 0.928. The number of hydrogen-bond donors (Lipinski definition) is 0. The summed E-state index contributed by atoms with van der Waals surface area (Å²) in [7, 11) is 0. The fourth-order valence-corrected chi connectivity index (χ4v) is 3.37. The van der Waals surface area contributed by atoms with Gasteiger partial charge in [0.1, 0.15) is 12.4 Å². The molecule has 0 atom stereocenters. The van der Waals surface area contributed by atoms with Crippen molar-refractivity contribution in [3.63, 3.8) is 0 Å². The molecule has 3 aromatic rings. The largest absolute Gasteiger partial charge is 0.492 e. The van der Waals surface area contributed by atoms with Crippen LogP contribution in [-0.2, 0) is 0 Å². The molecule has 0 radical (unpaired) electrons. The number of ether oxygens (including phenoxy) is 1. The SMILES string of the molecule is Clc1ccc(OCCN2CCC(c3nc(-c4ccncc4)no3)CC2)cc1. The maximum Gasteiger partial charge on any atom is 0.230 e. The summed E-state index contributed by atoms with van der Waals surface area (Å²) in [6.07, 6.45) is 5.49. The Labute approximate surface area is 163 Å². The normalized spacial score (nSPS) is 15.7. The Morgan fingerprint density at radius 2 is 1.81 bits per heavy atom. The highest BCUT2D eigenvalue weighted by atomic mass is 35.5. The molecule has 0 saturated carbocycles. The van der Waals surface area contributed by atoms with Crippen LogP contribution in [0.15, 0.2) is 53.3 Å². The van der Waals surface area contributed by atoms with E-state index in [1.807, 2.05) is 36.4 Å². The molecular weight excluding hydrogens is 364 g/mol. The van der Waals surface area contributed by atoms with E-state index < -0.39 is 0 Å². The minimum absolute atomic E-state index is 0.321. The minimum Gasteiger partial charge on any atom is -0.492 e. The molecule has 0 N–H and O–H groups in total. The Balaban J connectivity index is 1.24. The number of likely N-dealkylation sites (tertiary alicyclic amines) is 1. The van der Waals surface area contributed by atoms with Crippen LogP contribution >= 0.6 is 11.6 Å². The Morgan fingerprint density at radius 3 is 2.56 bits per heavy atom. The van der Waals surface area contributed by atoms with E-state index in [-0.39, 0.29) is 0 Å². The molecule has 0 bridgehead atoms. The van der Waals surface area contributed by atoms with Gasteiger partial charge in [0.05, 0.1) is 0 Å². The first kappa shape index (κ1) is 17.9. The highest BCUT2D eigenvalue weighted by Gasteiger charge is 2.25. The Kier molecular flexibility index (Phi) is 5.65. The molecular formula is C20H21ClN4O2. The smallest absolute Gasteiger partial charge is 0.230 e. The molecule has 1 aliphatic rings.